The summed E-state index contributed by atoms with van der Waals surface area (Å²) in [7, 11) is 0. The summed E-state index contributed by atoms with van der Waals surface area (Å²) in [5, 5.41) is 13.2. The van der Waals surface area contributed by atoms with E-state index in [0.717, 1.165) is 31.7 Å². The number of nitriles is 1. The Balaban J connectivity index is 2.15. The van der Waals surface area contributed by atoms with Crippen LogP contribution in [0.25, 0.3) is 0 Å². The second kappa shape index (κ2) is 5.31. The molecule has 0 radical (unpaired) electrons. The number of hydrogen-bond donors (Lipinski definition) is 1. The van der Waals surface area contributed by atoms with Crippen molar-refractivity contribution in [2.24, 2.45) is 0 Å². The number of nitrogens with zero attached hydrogens (tertiary/aromatic N) is 2. The third-order valence-electron chi connectivity index (χ3n) is 2.82. The lowest BCUT2D eigenvalue weighted by Crippen LogP contribution is -2.44. The van der Waals surface area contributed by atoms with Crippen molar-refractivity contribution < 1.29 is 0 Å². The highest BCUT2D eigenvalue weighted by molar-refractivity contribution is 6.30. The third kappa shape index (κ3) is 2.53. The van der Waals surface area contributed by atoms with Gasteiger partial charge >= 0.3 is 0 Å². The molecular formula is C12H14ClN3. The predicted octanol–water partition coefficient (Wildman–Crippen LogP) is 1.81. The quantitative estimate of drug-likeness (QED) is 0.850. The molecule has 4 heteroatoms. The Labute approximate surface area is 101 Å². The molecule has 0 spiro atoms. The van der Waals surface area contributed by atoms with Gasteiger partial charge in [-0.15, -0.1) is 0 Å². The van der Waals surface area contributed by atoms with E-state index in [1.807, 2.05) is 24.3 Å². The van der Waals surface area contributed by atoms with Gasteiger partial charge in [0.2, 0.25) is 0 Å². The van der Waals surface area contributed by atoms with Gasteiger partial charge in [-0.05, 0) is 17.7 Å². The van der Waals surface area contributed by atoms with Crippen LogP contribution >= 0.6 is 11.6 Å². The summed E-state index contributed by atoms with van der Waals surface area (Å²) in [5.74, 6) is 0. The van der Waals surface area contributed by atoms with E-state index in [1.165, 1.54) is 0 Å². The van der Waals surface area contributed by atoms with E-state index in [2.05, 4.69) is 16.3 Å². The zero-order chi connectivity index (χ0) is 11.4. The Hall–Kier alpha value is -1.08. The van der Waals surface area contributed by atoms with Gasteiger partial charge in [0.05, 0.1) is 6.07 Å². The van der Waals surface area contributed by atoms with E-state index < -0.39 is 0 Å². The zero-order valence-corrected chi connectivity index (χ0v) is 9.74. The van der Waals surface area contributed by atoms with Gasteiger partial charge in [-0.3, -0.25) is 4.90 Å². The van der Waals surface area contributed by atoms with E-state index in [-0.39, 0.29) is 6.04 Å². The Bertz CT molecular complexity index is 376. The SMILES string of the molecule is N#C[C@H](c1ccc(Cl)cc1)N1CCNCC1. The lowest BCUT2D eigenvalue weighted by atomic mass is 10.1. The fourth-order valence-electron chi connectivity index (χ4n) is 1.95. The average Bonchev–Trinajstić information content (AvgIpc) is 2.34. The summed E-state index contributed by atoms with van der Waals surface area (Å²) < 4.78 is 0. The molecular weight excluding hydrogens is 222 g/mol. The van der Waals surface area contributed by atoms with Crippen molar-refractivity contribution in [3.05, 3.63) is 34.9 Å². The first kappa shape index (κ1) is 11.4. The highest BCUT2D eigenvalue weighted by atomic mass is 35.5. The maximum absolute atomic E-state index is 9.26. The monoisotopic (exact) mass is 235 g/mol. The minimum atomic E-state index is -0.153. The fraction of sp³-hybridized carbons (Fsp3) is 0.417. The first-order valence-electron chi connectivity index (χ1n) is 5.41. The van der Waals surface area contributed by atoms with Gasteiger partial charge in [0.1, 0.15) is 6.04 Å². The smallest absolute Gasteiger partial charge is 0.123 e. The van der Waals surface area contributed by atoms with Gasteiger partial charge < -0.3 is 5.32 Å². The first-order valence-corrected chi connectivity index (χ1v) is 5.79. The highest BCUT2D eigenvalue weighted by Crippen LogP contribution is 2.21. The molecule has 0 amide bonds. The number of rotatable bonds is 2. The van der Waals surface area contributed by atoms with Crippen molar-refractivity contribution in [1.82, 2.24) is 10.2 Å². The summed E-state index contributed by atoms with van der Waals surface area (Å²) >= 11 is 5.84. The molecule has 1 fully saturated rings. The van der Waals surface area contributed by atoms with Crippen LogP contribution in [0.3, 0.4) is 0 Å². The van der Waals surface area contributed by atoms with Crippen LogP contribution in [0.1, 0.15) is 11.6 Å². The molecule has 0 aromatic heterocycles. The van der Waals surface area contributed by atoms with Crippen LogP contribution in [0.15, 0.2) is 24.3 Å². The first-order chi connectivity index (χ1) is 7.81. The van der Waals surface area contributed by atoms with E-state index >= 15 is 0 Å². The second-order valence-electron chi connectivity index (χ2n) is 3.87. The van der Waals surface area contributed by atoms with Crippen LogP contribution in [-0.2, 0) is 0 Å². The molecule has 0 saturated carbocycles. The van der Waals surface area contributed by atoms with Crippen molar-refractivity contribution in [3.63, 3.8) is 0 Å². The average molecular weight is 236 g/mol. The Morgan fingerprint density at radius 1 is 1.25 bits per heavy atom. The molecule has 1 atom stereocenters. The lowest BCUT2D eigenvalue weighted by Gasteiger charge is -2.31. The fourth-order valence-corrected chi connectivity index (χ4v) is 2.08. The van der Waals surface area contributed by atoms with Crippen LogP contribution in [0.4, 0.5) is 0 Å². The van der Waals surface area contributed by atoms with Crippen LogP contribution in [0.2, 0.25) is 5.02 Å². The minimum absolute atomic E-state index is 0.153. The largest absolute Gasteiger partial charge is 0.314 e. The van der Waals surface area contributed by atoms with Gasteiger partial charge in [0.15, 0.2) is 0 Å². The summed E-state index contributed by atoms with van der Waals surface area (Å²) in [5.41, 5.74) is 1.02. The molecule has 1 aliphatic rings. The van der Waals surface area contributed by atoms with Gasteiger partial charge in [-0.1, -0.05) is 23.7 Å². The molecule has 0 aliphatic carbocycles. The van der Waals surface area contributed by atoms with Crippen LogP contribution in [-0.4, -0.2) is 31.1 Å². The van der Waals surface area contributed by atoms with Crippen molar-refractivity contribution in [3.8, 4) is 6.07 Å². The molecule has 1 N–H and O–H groups in total. The number of halogens is 1. The molecule has 3 nitrogen and oxygen atoms in total. The summed E-state index contributed by atoms with van der Waals surface area (Å²) in [6.45, 7) is 3.74. The highest BCUT2D eigenvalue weighted by Gasteiger charge is 2.21. The second-order valence-corrected chi connectivity index (χ2v) is 4.31. The molecule has 16 heavy (non-hydrogen) atoms. The third-order valence-corrected chi connectivity index (χ3v) is 3.08. The maximum Gasteiger partial charge on any atom is 0.123 e. The molecule has 1 aromatic carbocycles. The standard InChI is InChI=1S/C12H14ClN3/c13-11-3-1-10(2-4-11)12(9-14)16-7-5-15-6-8-16/h1-4,12,15H,5-8H2/t12-/m1/s1. The minimum Gasteiger partial charge on any atom is -0.314 e. The van der Waals surface area contributed by atoms with Gasteiger partial charge in [-0.25, -0.2) is 0 Å². The van der Waals surface area contributed by atoms with Crippen LogP contribution < -0.4 is 5.32 Å². The number of nitrogens with one attached hydrogen (secondary N) is 1. The maximum atomic E-state index is 9.26. The molecule has 1 aliphatic heterocycles. The van der Waals surface area contributed by atoms with E-state index in [0.29, 0.717) is 5.02 Å². The topological polar surface area (TPSA) is 39.1 Å². The molecule has 1 saturated heterocycles. The Kier molecular flexibility index (Phi) is 3.79. The van der Waals surface area contributed by atoms with Crippen LogP contribution in [0.5, 0.6) is 0 Å². The van der Waals surface area contributed by atoms with Gasteiger partial charge in [0.25, 0.3) is 0 Å². The summed E-state index contributed by atoms with van der Waals surface area (Å²) in [6.07, 6.45) is 0. The Morgan fingerprint density at radius 3 is 2.44 bits per heavy atom. The lowest BCUT2D eigenvalue weighted by molar-refractivity contribution is 0.207. The molecule has 1 aromatic rings. The van der Waals surface area contributed by atoms with Crippen molar-refractivity contribution in [1.29, 1.82) is 5.26 Å². The van der Waals surface area contributed by atoms with Gasteiger partial charge in [0, 0.05) is 31.2 Å². The summed E-state index contributed by atoms with van der Waals surface area (Å²) in [6, 6.07) is 9.74. The van der Waals surface area contributed by atoms with Crippen molar-refractivity contribution in [2.45, 2.75) is 6.04 Å². The molecule has 1 heterocycles. The van der Waals surface area contributed by atoms with Crippen LogP contribution in [0, 0.1) is 11.3 Å². The van der Waals surface area contributed by atoms with E-state index in [4.69, 9.17) is 11.6 Å². The van der Waals surface area contributed by atoms with Crippen molar-refractivity contribution >= 4 is 11.6 Å². The molecule has 84 valence electrons. The van der Waals surface area contributed by atoms with Crippen molar-refractivity contribution in [2.75, 3.05) is 26.2 Å². The van der Waals surface area contributed by atoms with E-state index in [1.54, 1.807) is 0 Å². The summed E-state index contributed by atoms with van der Waals surface area (Å²) in [4.78, 5) is 2.19. The van der Waals surface area contributed by atoms with Gasteiger partial charge in [-0.2, -0.15) is 5.26 Å². The zero-order valence-electron chi connectivity index (χ0n) is 8.99. The number of hydrogen-bond acceptors (Lipinski definition) is 3. The Morgan fingerprint density at radius 2 is 1.88 bits per heavy atom. The molecule has 0 unspecified atom stereocenters. The normalized spacial score (nSPS) is 19.0. The molecule has 2 rings (SSSR count). The molecule has 0 bridgehead atoms. The predicted molar refractivity (Wildman–Crippen MR) is 64.2 cm³/mol. The number of benzene rings is 1. The number of piperazine rings is 1. The van der Waals surface area contributed by atoms with E-state index in [9.17, 15) is 5.26 Å².